The topological polar surface area (TPSA) is 45.5 Å². The lowest BCUT2D eigenvalue weighted by atomic mass is 10.1. The molecule has 1 N–H and O–H groups in total. The Kier molecular flexibility index (Phi) is 4.30. The molecule has 0 spiro atoms. The number of halogens is 1. The first-order valence-electron chi connectivity index (χ1n) is 6.33. The number of rotatable bonds is 4. The fourth-order valence-corrected chi connectivity index (χ4v) is 2.62. The Bertz CT molecular complexity index is 431. The van der Waals surface area contributed by atoms with Gasteiger partial charge in [0.1, 0.15) is 0 Å². The number of aromatic nitrogens is 1. The van der Waals surface area contributed by atoms with E-state index in [1.54, 1.807) is 6.07 Å². The quantitative estimate of drug-likeness (QED) is 0.671. The van der Waals surface area contributed by atoms with Gasteiger partial charge in [-0.3, -0.25) is 4.79 Å². The summed E-state index contributed by atoms with van der Waals surface area (Å²) < 4.78 is 1.83. The van der Waals surface area contributed by atoms with Crippen LogP contribution in [0.15, 0.2) is 12.3 Å². The fraction of sp³-hybridized carbons (Fsp3) is 0.615. The summed E-state index contributed by atoms with van der Waals surface area (Å²) in [4.78, 5) is 14.2. The van der Waals surface area contributed by atoms with E-state index in [2.05, 4.69) is 0 Å². The van der Waals surface area contributed by atoms with Gasteiger partial charge in [-0.25, -0.2) is 0 Å². The Morgan fingerprint density at radius 1 is 1.50 bits per heavy atom. The zero-order valence-electron chi connectivity index (χ0n) is 10.6. The molecule has 1 amide bonds. The number of carbonyl (C=O) groups excluding carboxylic acids is 1. The number of alkyl halides is 1. The third-order valence-corrected chi connectivity index (χ3v) is 3.71. The van der Waals surface area contributed by atoms with Gasteiger partial charge < -0.3 is 14.6 Å². The Morgan fingerprint density at radius 2 is 2.28 bits per heavy atom. The van der Waals surface area contributed by atoms with Crippen LogP contribution < -0.4 is 0 Å². The number of unbranched alkanes of at least 4 members (excludes halogenated alkanes) is 1. The van der Waals surface area contributed by atoms with E-state index in [4.69, 9.17) is 11.6 Å². The Balaban J connectivity index is 2.17. The number of amides is 1. The van der Waals surface area contributed by atoms with E-state index in [-0.39, 0.29) is 5.91 Å². The third kappa shape index (κ3) is 2.54. The van der Waals surface area contributed by atoms with E-state index in [0.717, 1.165) is 18.5 Å². The van der Waals surface area contributed by atoms with E-state index >= 15 is 0 Å². The van der Waals surface area contributed by atoms with Gasteiger partial charge in [0.25, 0.3) is 5.91 Å². The molecule has 0 bridgehead atoms. The van der Waals surface area contributed by atoms with Gasteiger partial charge in [-0.05, 0) is 25.3 Å². The van der Waals surface area contributed by atoms with Gasteiger partial charge in [-0.1, -0.05) is 0 Å². The molecule has 0 saturated heterocycles. The van der Waals surface area contributed by atoms with Crippen molar-refractivity contribution in [3.63, 3.8) is 0 Å². The first kappa shape index (κ1) is 13.4. The van der Waals surface area contributed by atoms with Crippen molar-refractivity contribution in [3.8, 4) is 0 Å². The van der Waals surface area contributed by atoms with Crippen LogP contribution in [0.2, 0.25) is 0 Å². The average molecular weight is 271 g/mol. The molecule has 2 rings (SSSR count). The normalized spacial score (nSPS) is 19.8. The molecule has 0 saturated carbocycles. The van der Waals surface area contributed by atoms with Crippen molar-refractivity contribution in [2.24, 2.45) is 7.05 Å². The number of aliphatic hydroxyl groups excluding tert-OH is 1. The molecule has 1 atom stereocenters. The van der Waals surface area contributed by atoms with Crippen LogP contribution in [0.3, 0.4) is 0 Å². The molecular formula is C13H19ClN2O2. The van der Waals surface area contributed by atoms with Crippen LogP contribution in [0.25, 0.3) is 0 Å². The number of carbonyl (C=O) groups is 1. The van der Waals surface area contributed by atoms with Gasteiger partial charge in [0.05, 0.1) is 17.4 Å². The summed E-state index contributed by atoms with van der Waals surface area (Å²) >= 11 is 5.65. The molecule has 2 heterocycles. The lowest BCUT2D eigenvalue weighted by molar-refractivity contribution is 0.0745. The molecule has 1 unspecified atom stereocenters. The highest BCUT2D eigenvalue weighted by molar-refractivity contribution is 6.17. The summed E-state index contributed by atoms with van der Waals surface area (Å²) in [6, 6.07) is 1.79. The molecule has 0 aromatic carbocycles. The van der Waals surface area contributed by atoms with Crippen LogP contribution in [-0.4, -0.2) is 39.5 Å². The average Bonchev–Trinajstić information content (AvgIpc) is 2.69. The molecule has 0 radical (unpaired) electrons. The molecule has 18 heavy (non-hydrogen) atoms. The summed E-state index contributed by atoms with van der Waals surface area (Å²) in [6.45, 7) is 1.32. The highest BCUT2D eigenvalue weighted by Crippen LogP contribution is 2.27. The maximum absolute atomic E-state index is 12.4. The predicted octanol–water partition coefficient (Wildman–Crippen LogP) is 1.92. The molecule has 1 aliphatic heterocycles. The maximum Gasteiger partial charge on any atom is 0.255 e. The van der Waals surface area contributed by atoms with Crippen LogP contribution in [0, 0.1) is 0 Å². The number of nitrogens with zero attached hydrogens (tertiary/aromatic N) is 2. The Hall–Kier alpha value is -1.00. The molecule has 1 aromatic rings. The maximum atomic E-state index is 12.4. The molecular weight excluding hydrogens is 252 g/mol. The van der Waals surface area contributed by atoms with E-state index in [1.165, 1.54) is 0 Å². The van der Waals surface area contributed by atoms with E-state index in [9.17, 15) is 9.90 Å². The fourth-order valence-electron chi connectivity index (χ4n) is 2.43. The number of aliphatic hydroxyl groups is 1. The van der Waals surface area contributed by atoms with Crippen molar-refractivity contribution in [3.05, 3.63) is 23.5 Å². The summed E-state index contributed by atoms with van der Waals surface area (Å²) in [5.41, 5.74) is 1.37. The van der Waals surface area contributed by atoms with Crippen molar-refractivity contribution in [1.82, 2.24) is 9.47 Å². The number of aryl methyl sites for hydroxylation is 1. The first-order valence-corrected chi connectivity index (χ1v) is 6.87. The van der Waals surface area contributed by atoms with Crippen molar-refractivity contribution in [2.45, 2.75) is 25.4 Å². The summed E-state index contributed by atoms with van der Waals surface area (Å²) in [7, 11) is 1.86. The van der Waals surface area contributed by atoms with Crippen molar-refractivity contribution in [1.29, 1.82) is 0 Å². The third-order valence-electron chi connectivity index (χ3n) is 3.44. The molecule has 0 fully saturated rings. The minimum atomic E-state index is -0.554. The summed E-state index contributed by atoms with van der Waals surface area (Å²) in [5.74, 6) is 0.651. The van der Waals surface area contributed by atoms with Crippen LogP contribution >= 0.6 is 11.6 Å². The van der Waals surface area contributed by atoms with Gasteiger partial charge in [0.2, 0.25) is 0 Å². The zero-order valence-corrected chi connectivity index (χ0v) is 11.4. The molecule has 1 aromatic heterocycles. The summed E-state index contributed by atoms with van der Waals surface area (Å²) in [5, 5.41) is 10.1. The monoisotopic (exact) mass is 270 g/mol. The van der Waals surface area contributed by atoms with Gasteiger partial charge in [-0.2, -0.15) is 0 Å². The lowest BCUT2D eigenvalue weighted by Crippen LogP contribution is -2.31. The first-order chi connectivity index (χ1) is 8.65. The minimum Gasteiger partial charge on any atom is -0.387 e. The lowest BCUT2D eigenvalue weighted by Gasteiger charge is -2.20. The second kappa shape index (κ2) is 5.76. The largest absolute Gasteiger partial charge is 0.387 e. The highest BCUT2D eigenvalue weighted by atomic mass is 35.5. The van der Waals surface area contributed by atoms with Crippen LogP contribution in [0.1, 0.15) is 41.4 Å². The molecule has 0 aliphatic carbocycles. The second-order valence-electron chi connectivity index (χ2n) is 4.72. The summed E-state index contributed by atoms with van der Waals surface area (Å²) in [6.07, 6.45) is 3.69. The molecule has 4 nitrogen and oxygen atoms in total. The van der Waals surface area contributed by atoms with Gasteiger partial charge >= 0.3 is 0 Å². The SMILES string of the molecule is Cn1ccc2c1C(O)CCN(CCCCCl)C2=O. The van der Waals surface area contributed by atoms with Crippen molar-refractivity contribution in [2.75, 3.05) is 19.0 Å². The second-order valence-corrected chi connectivity index (χ2v) is 5.10. The van der Waals surface area contributed by atoms with E-state index in [0.29, 0.717) is 31.0 Å². The molecule has 1 aliphatic rings. The molecule has 5 heteroatoms. The minimum absolute atomic E-state index is 0.0247. The zero-order chi connectivity index (χ0) is 13.1. The van der Waals surface area contributed by atoms with Crippen LogP contribution in [0.5, 0.6) is 0 Å². The Labute approximate surface area is 112 Å². The molecule has 100 valence electrons. The number of hydrogen-bond acceptors (Lipinski definition) is 2. The number of hydrogen-bond donors (Lipinski definition) is 1. The van der Waals surface area contributed by atoms with Gasteiger partial charge in [0.15, 0.2) is 0 Å². The van der Waals surface area contributed by atoms with Crippen LogP contribution in [-0.2, 0) is 7.05 Å². The van der Waals surface area contributed by atoms with Crippen LogP contribution in [0.4, 0.5) is 0 Å². The van der Waals surface area contributed by atoms with Crippen molar-refractivity contribution < 1.29 is 9.90 Å². The number of fused-ring (bicyclic) bond motifs is 1. The van der Waals surface area contributed by atoms with Gasteiger partial charge in [0, 0.05) is 32.2 Å². The predicted molar refractivity (Wildman–Crippen MR) is 70.8 cm³/mol. The standard InChI is InChI=1S/C13H19ClN2O2/c1-15-8-4-10-12(15)11(17)5-9-16(13(10)18)7-3-2-6-14/h4,8,11,17H,2-3,5-7,9H2,1H3. The highest BCUT2D eigenvalue weighted by Gasteiger charge is 2.28. The van der Waals surface area contributed by atoms with E-state index < -0.39 is 6.10 Å². The Morgan fingerprint density at radius 3 is 3.00 bits per heavy atom. The van der Waals surface area contributed by atoms with Gasteiger partial charge in [-0.15, -0.1) is 11.6 Å². The van der Waals surface area contributed by atoms with Crippen molar-refractivity contribution >= 4 is 17.5 Å². The smallest absolute Gasteiger partial charge is 0.255 e. The van der Waals surface area contributed by atoms with E-state index in [1.807, 2.05) is 22.7 Å².